The summed E-state index contributed by atoms with van der Waals surface area (Å²) < 4.78 is 11.1. The zero-order chi connectivity index (χ0) is 18.4. The Labute approximate surface area is 173 Å². The summed E-state index contributed by atoms with van der Waals surface area (Å²) in [6.07, 6.45) is 6.04. The molecule has 1 aliphatic heterocycles. The molecular formula is C20H30Cl2N2O3. The van der Waals surface area contributed by atoms with Crippen LogP contribution >= 0.6 is 24.0 Å². The Balaban J connectivity index is 0.00000261. The molecule has 1 aliphatic carbocycles. The first-order chi connectivity index (χ1) is 12.6. The number of nitrogens with zero attached hydrogens (tertiary/aromatic N) is 1. The SMILES string of the molecule is Cc1cc(OCC(=O)NCC2(N3CCOCC3)CCCCC2)ccc1Cl.Cl. The molecule has 7 heteroatoms. The van der Waals surface area contributed by atoms with Crippen molar-refractivity contribution >= 4 is 29.9 Å². The lowest BCUT2D eigenvalue weighted by Gasteiger charge is -2.48. The van der Waals surface area contributed by atoms with Crippen molar-refractivity contribution < 1.29 is 14.3 Å². The van der Waals surface area contributed by atoms with Crippen molar-refractivity contribution in [3.63, 3.8) is 0 Å². The minimum atomic E-state index is -0.0733. The number of halogens is 2. The van der Waals surface area contributed by atoms with Crippen molar-refractivity contribution in [2.24, 2.45) is 0 Å². The second kappa shape index (κ2) is 10.5. The van der Waals surface area contributed by atoms with Gasteiger partial charge in [0.05, 0.1) is 13.2 Å². The van der Waals surface area contributed by atoms with Crippen LogP contribution in [0.25, 0.3) is 0 Å². The van der Waals surface area contributed by atoms with Gasteiger partial charge < -0.3 is 14.8 Å². The van der Waals surface area contributed by atoms with Gasteiger partial charge in [-0.1, -0.05) is 30.9 Å². The van der Waals surface area contributed by atoms with E-state index in [1.165, 1.54) is 19.3 Å². The van der Waals surface area contributed by atoms with E-state index in [0.717, 1.165) is 44.7 Å². The van der Waals surface area contributed by atoms with E-state index in [1.807, 2.05) is 13.0 Å². The molecule has 1 amide bonds. The Morgan fingerprint density at radius 3 is 2.63 bits per heavy atom. The number of carbonyl (C=O) groups is 1. The fourth-order valence-electron chi connectivity index (χ4n) is 4.02. The van der Waals surface area contributed by atoms with Crippen LogP contribution in [-0.2, 0) is 9.53 Å². The summed E-state index contributed by atoms with van der Waals surface area (Å²) in [6, 6.07) is 5.44. The van der Waals surface area contributed by atoms with Crippen LogP contribution in [0.2, 0.25) is 5.02 Å². The van der Waals surface area contributed by atoms with Crippen molar-refractivity contribution in [3.05, 3.63) is 28.8 Å². The quantitative estimate of drug-likeness (QED) is 0.769. The van der Waals surface area contributed by atoms with Gasteiger partial charge >= 0.3 is 0 Å². The third-order valence-electron chi connectivity index (χ3n) is 5.58. The van der Waals surface area contributed by atoms with E-state index in [1.54, 1.807) is 12.1 Å². The second-order valence-corrected chi connectivity index (χ2v) is 7.77. The van der Waals surface area contributed by atoms with Gasteiger partial charge in [-0.05, 0) is 43.5 Å². The first-order valence-corrected chi connectivity index (χ1v) is 9.95. The van der Waals surface area contributed by atoms with Gasteiger partial charge in [-0.15, -0.1) is 12.4 Å². The molecular weight excluding hydrogens is 387 g/mol. The molecule has 5 nitrogen and oxygen atoms in total. The number of hydrogen-bond acceptors (Lipinski definition) is 4. The van der Waals surface area contributed by atoms with Crippen LogP contribution < -0.4 is 10.1 Å². The molecule has 152 valence electrons. The van der Waals surface area contributed by atoms with Gasteiger partial charge in [0, 0.05) is 30.2 Å². The normalized spacial score (nSPS) is 19.8. The van der Waals surface area contributed by atoms with Crippen molar-refractivity contribution in [3.8, 4) is 5.75 Å². The molecule has 0 radical (unpaired) electrons. The fourth-order valence-corrected chi connectivity index (χ4v) is 4.14. The van der Waals surface area contributed by atoms with Crippen LogP contribution in [0.4, 0.5) is 0 Å². The molecule has 0 spiro atoms. The molecule has 3 rings (SSSR count). The van der Waals surface area contributed by atoms with E-state index in [-0.39, 0.29) is 30.5 Å². The highest BCUT2D eigenvalue weighted by Gasteiger charge is 2.38. The molecule has 0 aromatic heterocycles. The monoisotopic (exact) mass is 416 g/mol. The zero-order valence-electron chi connectivity index (χ0n) is 16.0. The molecule has 0 bridgehead atoms. The third-order valence-corrected chi connectivity index (χ3v) is 6.00. The van der Waals surface area contributed by atoms with Crippen molar-refractivity contribution in [1.29, 1.82) is 0 Å². The predicted molar refractivity (Wildman–Crippen MR) is 110 cm³/mol. The molecule has 27 heavy (non-hydrogen) atoms. The molecule has 1 saturated carbocycles. The van der Waals surface area contributed by atoms with Crippen LogP contribution in [0.15, 0.2) is 18.2 Å². The van der Waals surface area contributed by atoms with E-state index in [9.17, 15) is 4.79 Å². The molecule has 1 N–H and O–H groups in total. The smallest absolute Gasteiger partial charge is 0.258 e. The minimum Gasteiger partial charge on any atom is -0.484 e. The fraction of sp³-hybridized carbons (Fsp3) is 0.650. The number of ether oxygens (including phenoxy) is 2. The first kappa shape index (κ1) is 22.3. The molecule has 1 heterocycles. The van der Waals surface area contributed by atoms with Crippen molar-refractivity contribution in [2.75, 3.05) is 39.5 Å². The standard InChI is InChI=1S/C20H29ClN2O3.ClH/c1-16-13-17(5-6-18(16)21)26-14-19(24)22-15-20(7-3-2-4-8-20)23-9-11-25-12-10-23;/h5-6,13H,2-4,7-12,14-15H2,1H3,(H,22,24);1H. The van der Waals surface area contributed by atoms with E-state index in [4.69, 9.17) is 21.1 Å². The largest absolute Gasteiger partial charge is 0.484 e. The molecule has 2 aliphatic rings. The molecule has 2 fully saturated rings. The Kier molecular flexibility index (Phi) is 8.67. The average molecular weight is 417 g/mol. The molecule has 1 aromatic rings. The lowest BCUT2D eigenvalue weighted by Crippen LogP contribution is -2.60. The number of morpholine rings is 1. The second-order valence-electron chi connectivity index (χ2n) is 7.36. The minimum absolute atomic E-state index is 0. The van der Waals surface area contributed by atoms with E-state index < -0.39 is 0 Å². The lowest BCUT2D eigenvalue weighted by molar-refractivity contribution is -0.124. The maximum atomic E-state index is 12.3. The molecule has 1 saturated heterocycles. The van der Waals surface area contributed by atoms with Gasteiger partial charge in [-0.3, -0.25) is 9.69 Å². The number of amides is 1. The van der Waals surface area contributed by atoms with Gasteiger partial charge in [-0.2, -0.15) is 0 Å². The van der Waals surface area contributed by atoms with Crippen molar-refractivity contribution in [1.82, 2.24) is 10.2 Å². The summed E-state index contributed by atoms with van der Waals surface area (Å²) in [6.45, 7) is 6.12. The highest BCUT2D eigenvalue weighted by atomic mass is 35.5. The van der Waals surface area contributed by atoms with Crippen molar-refractivity contribution in [2.45, 2.75) is 44.6 Å². The molecule has 0 atom stereocenters. The highest BCUT2D eigenvalue weighted by Crippen LogP contribution is 2.33. The third kappa shape index (κ3) is 5.98. The Morgan fingerprint density at radius 2 is 1.96 bits per heavy atom. The van der Waals surface area contributed by atoms with Crippen LogP contribution in [0, 0.1) is 6.92 Å². The van der Waals surface area contributed by atoms with Crippen LogP contribution in [0.1, 0.15) is 37.7 Å². The van der Waals surface area contributed by atoms with E-state index >= 15 is 0 Å². The average Bonchev–Trinajstić information content (AvgIpc) is 2.69. The predicted octanol–water partition coefficient (Wildman–Crippen LogP) is 3.60. The topological polar surface area (TPSA) is 50.8 Å². The number of aryl methyl sites for hydroxylation is 1. The summed E-state index contributed by atoms with van der Waals surface area (Å²) in [5, 5.41) is 3.81. The van der Waals surface area contributed by atoms with Gasteiger partial charge in [0.25, 0.3) is 5.91 Å². The van der Waals surface area contributed by atoms with E-state index in [2.05, 4.69) is 10.2 Å². The Bertz CT molecular complexity index is 615. The number of carbonyl (C=O) groups excluding carboxylic acids is 1. The van der Waals surface area contributed by atoms with E-state index in [0.29, 0.717) is 17.3 Å². The van der Waals surface area contributed by atoms with Crippen LogP contribution in [-0.4, -0.2) is 55.8 Å². The number of benzene rings is 1. The first-order valence-electron chi connectivity index (χ1n) is 9.58. The lowest BCUT2D eigenvalue weighted by atomic mass is 9.79. The van der Waals surface area contributed by atoms with Gasteiger partial charge in [0.15, 0.2) is 6.61 Å². The maximum Gasteiger partial charge on any atom is 0.258 e. The summed E-state index contributed by atoms with van der Waals surface area (Å²) >= 11 is 6.02. The maximum absolute atomic E-state index is 12.3. The summed E-state index contributed by atoms with van der Waals surface area (Å²) in [4.78, 5) is 14.9. The van der Waals surface area contributed by atoms with Gasteiger partial charge in [0.1, 0.15) is 5.75 Å². The van der Waals surface area contributed by atoms with Gasteiger partial charge in [0.2, 0.25) is 0 Å². The Morgan fingerprint density at radius 1 is 1.26 bits per heavy atom. The van der Waals surface area contributed by atoms with Crippen LogP contribution in [0.3, 0.4) is 0 Å². The van der Waals surface area contributed by atoms with Gasteiger partial charge in [-0.25, -0.2) is 0 Å². The highest BCUT2D eigenvalue weighted by molar-refractivity contribution is 6.31. The number of hydrogen-bond donors (Lipinski definition) is 1. The summed E-state index contributed by atoms with van der Waals surface area (Å²) in [7, 11) is 0. The van der Waals surface area contributed by atoms with Crippen LogP contribution in [0.5, 0.6) is 5.75 Å². The Hall–Kier alpha value is -1.01. The number of nitrogens with one attached hydrogen (secondary N) is 1. The summed E-state index contributed by atoms with van der Waals surface area (Å²) in [5.41, 5.74) is 1.02. The number of rotatable bonds is 6. The molecule has 0 unspecified atom stereocenters. The zero-order valence-corrected chi connectivity index (χ0v) is 17.5. The summed E-state index contributed by atoms with van der Waals surface area (Å²) in [5.74, 6) is 0.596. The molecule has 1 aromatic carbocycles.